The first kappa shape index (κ1) is 18.4. The zero-order valence-corrected chi connectivity index (χ0v) is 14.4. The molecule has 0 atom stereocenters. The van der Waals surface area contributed by atoms with Crippen LogP contribution < -0.4 is 11.1 Å². The van der Waals surface area contributed by atoms with Gasteiger partial charge in [-0.15, -0.1) is 0 Å². The molecule has 2 aromatic rings. The molecular weight excluding hydrogens is 321 g/mol. The molecule has 0 heterocycles. The summed E-state index contributed by atoms with van der Waals surface area (Å²) in [4.78, 5) is 26.4. The van der Waals surface area contributed by atoms with Crippen LogP contribution in [0.25, 0.3) is 0 Å². The Morgan fingerprint density at radius 3 is 2.32 bits per heavy atom. The number of halogens is 1. The highest BCUT2D eigenvalue weighted by molar-refractivity contribution is 6.06. The molecule has 0 aliphatic carbocycles. The number of nitrogens with one attached hydrogen (secondary N) is 1. The molecule has 0 saturated carbocycles. The maximum Gasteiger partial charge on any atom is 0.255 e. The van der Waals surface area contributed by atoms with Gasteiger partial charge in [-0.1, -0.05) is 6.92 Å². The van der Waals surface area contributed by atoms with Crippen molar-refractivity contribution in [3.05, 3.63) is 59.4 Å². The fraction of sp³-hybridized carbons (Fsp3) is 0.263. The van der Waals surface area contributed by atoms with Gasteiger partial charge in [-0.25, -0.2) is 4.39 Å². The number of rotatable bonds is 6. The Morgan fingerprint density at radius 2 is 1.72 bits per heavy atom. The monoisotopic (exact) mass is 343 g/mol. The molecule has 0 aliphatic heterocycles. The number of nitrogens with two attached hydrogens (primary N) is 1. The fourth-order valence-corrected chi connectivity index (χ4v) is 2.45. The first-order valence-electron chi connectivity index (χ1n) is 8.22. The van der Waals surface area contributed by atoms with E-state index in [9.17, 15) is 14.0 Å². The minimum Gasteiger partial charge on any atom is -0.397 e. The average Bonchev–Trinajstić information content (AvgIpc) is 2.62. The van der Waals surface area contributed by atoms with E-state index in [0.717, 1.165) is 12.5 Å². The molecule has 0 spiro atoms. The van der Waals surface area contributed by atoms with E-state index in [4.69, 9.17) is 5.73 Å². The number of carbonyl (C=O) groups is 2. The zero-order valence-electron chi connectivity index (χ0n) is 14.4. The molecule has 3 N–H and O–H groups in total. The molecule has 2 aromatic carbocycles. The largest absolute Gasteiger partial charge is 0.397 e. The lowest BCUT2D eigenvalue weighted by Crippen LogP contribution is -2.31. The van der Waals surface area contributed by atoms with Crippen LogP contribution in [0.5, 0.6) is 0 Å². The van der Waals surface area contributed by atoms with Crippen molar-refractivity contribution in [2.75, 3.05) is 24.1 Å². The first-order chi connectivity index (χ1) is 12.0. The number of amides is 2. The summed E-state index contributed by atoms with van der Waals surface area (Å²) in [5, 5.41) is 2.57. The lowest BCUT2D eigenvalue weighted by atomic mass is 10.1. The number of nitrogens with zero attached hydrogens (tertiary/aromatic N) is 1. The summed E-state index contributed by atoms with van der Waals surface area (Å²) >= 11 is 0. The Balaban J connectivity index is 2.12. The van der Waals surface area contributed by atoms with Gasteiger partial charge in [0.15, 0.2) is 0 Å². The van der Waals surface area contributed by atoms with Crippen LogP contribution in [0.3, 0.4) is 0 Å². The molecule has 5 nitrogen and oxygen atoms in total. The normalized spacial score (nSPS) is 10.4. The molecule has 2 rings (SSSR count). The molecule has 25 heavy (non-hydrogen) atoms. The predicted octanol–water partition coefficient (Wildman–Crippen LogP) is 3.53. The van der Waals surface area contributed by atoms with Crippen molar-refractivity contribution < 1.29 is 14.0 Å². The van der Waals surface area contributed by atoms with Crippen molar-refractivity contribution in [1.29, 1.82) is 0 Å². The molecule has 0 fully saturated rings. The van der Waals surface area contributed by atoms with Crippen LogP contribution in [0.1, 0.15) is 41.0 Å². The minimum atomic E-state index is -0.485. The van der Waals surface area contributed by atoms with Gasteiger partial charge >= 0.3 is 0 Å². The van der Waals surface area contributed by atoms with Gasteiger partial charge in [0.2, 0.25) is 0 Å². The number of carbonyl (C=O) groups excluding carboxylic acids is 2. The van der Waals surface area contributed by atoms with Crippen LogP contribution in [0.4, 0.5) is 15.8 Å². The van der Waals surface area contributed by atoms with Gasteiger partial charge in [0.1, 0.15) is 5.82 Å². The quantitative estimate of drug-likeness (QED) is 0.788. The van der Waals surface area contributed by atoms with E-state index in [0.29, 0.717) is 24.2 Å². The number of anilines is 2. The Hall–Kier alpha value is -2.89. The Kier molecular flexibility index (Phi) is 6.11. The van der Waals surface area contributed by atoms with Gasteiger partial charge in [-0.05, 0) is 55.8 Å². The number of nitrogen functional groups attached to an aromatic ring is 1. The van der Waals surface area contributed by atoms with Gasteiger partial charge in [0, 0.05) is 24.2 Å². The second-order valence-corrected chi connectivity index (χ2v) is 5.65. The Morgan fingerprint density at radius 1 is 1.08 bits per heavy atom. The molecule has 0 aliphatic rings. The van der Waals surface area contributed by atoms with E-state index in [2.05, 4.69) is 5.32 Å². The molecular formula is C19H22FN3O2. The summed E-state index contributed by atoms with van der Waals surface area (Å²) < 4.78 is 13.3. The van der Waals surface area contributed by atoms with E-state index in [-0.39, 0.29) is 17.3 Å². The number of hydrogen-bond acceptors (Lipinski definition) is 3. The lowest BCUT2D eigenvalue weighted by Gasteiger charge is -2.20. The maximum atomic E-state index is 13.3. The highest BCUT2D eigenvalue weighted by Gasteiger charge is 2.14. The highest BCUT2D eigenvalue weighted by Crippen LogP contribution is 2.20. The summed E-state index contributed by atoms with van der Waals surface area (Å²) in [6.07, 6.45) is 0.884. The van der Waals surface area contributed by atoms with Gasteiger partial charge in [0.25, 0.3) is 11.8 Å². The molecule has 2 amide bonds. The molecule has 0 saturated heterocycles. The van der Waals surface area contributed by atoms with Crippen molar-refractivity contribution in [2.45, 2.75) is 20.3 Å². The average molecular weight is 343 g/mol. The second-order valence-electron chi connectivity index (χ2n) is 5.65. The number of benzene rings is 2. The van der Waals surface area contributed by atoms with Gasteiger partial charge < -0.3 is 16.0 Å². The summed E-state index contributed by atoms with van der Waals surface area (Å²) in [7, 11) is 0. The zero-order chi connectivity index (χ0) is 18.4. The summed E-state index contributed by atoms with van der Waals surface area (Å²) in [6.45, 7) is 5.27. The summed E-state index contributed by atoms with van der Waals surface area (Å²) in [5.41, 5.74) is 7.10. The van der Waals surface area contributed by atoms with E-state index in [1.54, 1.807) is 29.2 Å². The summed E-state index contributed by atoms with van der Waals surface area (Å²) in [5.74, 6) is -0.969. The minimum absolute atomic E-state index is 0.0642. The molecule has 6 heteroatoms. The SMILES string of the molecule is CCCN(CC)C(=O)c1ccc(C(=O)Nc2cc(F)ccc2N)cc1. The maximum absolute atomic E-state index is 13.3. The third-order valence-electron chi connectivity index (χ3n) is 3.82. The van der Waals surface area contributed by atoms with Crippen LogP contribution in [-0.4, -0.2) is 29.8 Å². The Bertz CT molecular complexity index is 760. The first-order valence-corrected chi connectivity index (χ1v) is 8.22. The van der Waals surface area contributed by atoms with Gasteiger partial charge in [0.05, 0.1) is 11.4 Å². The highest BCUT2D eigenvalue weighted by atomic mass is 19.1. The second kappa shape index (κ2) is 8.28. The topological polar surface area (TPSA) is 75.4 Å². The van der Waals surface area contributed by atoms with Crippen molar-refractivity contribution in [3.8, 4) is 0 Å². The van der Waals surface area contributed by atoms with Crippen molar-refractivity contribution >= 4 is 23.2 Å². The summed E-state index contributed by atoms with van der Waals surface area (Å²) in [6, 6.07) is 10.1. The molecule has 132 valence electrons. The molecule has 0 bridgehead atoms. The standard InChI is InChI=1S/C19H22FN3O2/c1-3-11-23(4-2)19(25)14-7-5-13(6-8-14)18(24)22-17-12-15(20)9-10-16(17)21/h5-10,12H,3-4,11,21H2,1-2H3,(H,22,24). The number of hydrogen-bond donors (Lipinski definition) is 2. The van der Waals surface area contributed by atoms with Gasteiger partial charge in [-0.3, -0.25) is 9.59 Å². The smallest absolute Gasteiger partial charge is 0.255 e. The fourth-order valence-electron chi connectivity index (χ4n) is 2.45. The van der Waals surface area contributed by atoms with E-state index < -0.39 is 11.7 Å². The van der Waals surface area contributed by atoms with Crippen molar-refractivity contribution in [2.24, 2.45) is 0 Å². The van der Waals surface area contributed by atoms with E-state index >= 15 is 0 Å². The van der Waals surface area contributed by atoms with Crippen molar-refractivity contribution in [3.63, 3.8) is 0 Å². The van der Waals surface area contributed by atoms with Crippen molar-refractivity contribution in [1.82, 2.24) is 4.90 Å². The third-order valence-corrected chi connectivity index (χ3v) is 3.82. The third kappa shape index (κ3) is 4.56. The predicted molar refractivity (Wildman–Crippen MR) is 97.1 cm³/mol. The van der Waals surface area contributed by atoms with Crippen LogP contribution in [0.2, 0.25) is 0 Å². The molecule has 0 aromatic heterocycles. The van der Waals surface area contributed by atoms with Gasteiger partial charge in [-0.2, -0.15) is 0 Å². The van der Waals surface area contributed by atoms with E-state index in [1.807, 2.05) is 13.8 Å². The van der Waals surface area contributed by atoms with E-state index in [1.165, 1.54) is 12.1 Å². The van der Waals surface area contributed by atoms with Crippen LogP contribution >= 0.6 is 0 Å². The molecule has 0 unspecified atom stereocenters. The Labute approximate surface area is 146 Å². The molecule has 0 radical (unpaired) electrons. The van der Waals surface area contributed by atoms with Crippen LogP contribution in [0, 0.1) is 5.82 Å². The lowest BCUT2D eigenvalue weighted by molar-refractivity contribution is 0.0764. The van der Waals surface area contributed by atoms with Crippen LogP contribution in [0.15, 0.2) is 42.5 Å². The van der Waals surface area contributed by atoms with Crippen LogP contribution in [-0.2, 0) is 0 Å².